The fourth-order valence-corrected chi connectivity index (χ4v) is 4.17. The third kappa shape index (κ3) is 3.42. The van der Waals surface area contributed by atoms with E-state index in [0.717, 1.165) is 49.2 Å². The summed E-state index contributed by atoms with van der Waals surface area (Å²) in [7, 11) is 1.66. The van der Waals surface area contributed by atoms with Crippen LogP contribution in [0, 0.1) is 0 Å². The number of benzene rings is 2. The van der Waals surface area contributed by atoms with Crippen LogP contribution in [0.15, 0.2) is 63.4 Å². The van der Waals surface area contributed by atoms with Gasteiger partial charge >= 0.3 is 0 Å². The number of fused-ring (bicyclic) bond motifs is 1. The van der Waals surface area contributed by atoms with Crippen LogP contribution in [0.5, 0.6) is 5.75 Å². The van der Waals surface area contributed by atoms with Gasteiger partial charge in [-0.15, -0.1) is 10.2 Å². The van der Waals surface area contributed by atoms with Crippen molar-refractivity contribution in [3.63, 3.8) is 0 Å². The van der Waals surface area contributed by atoms with E-state index in [9.17, 15) is 0 Å². The van der Waals surface area contributed by atoms with Crippen LogP contribution in [-0.2, 0) is 6.54 Å². The SMILES string of the molecule is CCn1c(Sc2ncnc3ccc(Br)cc23)nnc1-c1ccccc1OC. The van der Waals surface area contributed by atoms with Gasteiger partial charge in [-0.3, -0.25) is 0 Å². The van der Waals surface area contributed by atoms with E-state index < -0.39 is 0 Å². The molecule has 136 valence electrons. The van der Waals surface area contributed by atoms with E-state index in [4.69, 9.17) is 4.74 Å². The number of halogens is 1. The monoisotopic (exact) mass is 441 g/mol. The molecule has 0 fully saturated rings. The molecule has 2 aromatic heterocycles. The molecule has 2 heterocycles. The van der Waals surface area contributed by atoms with Gasteiger partial charge in [0.2, 0.25) is 0 Å². The highest BCUT2D eigenvalue weighted by atomic mass is 79.9. The smallest absolute Gasteiger partial charge is 0.197 e. The third-order valence-electron chi connectivity index (χ3n) is 4.13. The molecule has 0 aliphatic carbocycles. The van der Waals surface area contributed by atoms with E-state index in [1.54, 1.807) is 13.4 Å². The molecule has 0 unspecified atom stereocenters. The minimum Gasteiger partial charge on any atom is -0.496 e. The summed E-state index contributed by atoms with van der Waals surface area (Å²) in [5.41, 5.74) is 1.81. The fraction of sp³-hybridized carbons (Fsp3) is 0.158. The first kappa shape index (κ1) is 17.9. The minimum atomic E-state index is 0.732. The summed E-state index contributed by atoms with van der Waals surface area (Å²) in [6, 6.07) is 13.8. The molecule has 27 heavy (non-hydrogen) atoms. The summed E-state index contributed by atoms with van der Waals surface area (Å²) in [6.07, 6.45) is 1.58. The second-order valence-electron chi connectivity index (χ2n) is 5.69. The Labute approximate surface area is 169 Å². The van der Waals surface area contributed by atoms with Gasteiger partial charge < -0.3 is 9.30 Å². The van der Waals surface area contributed by atoms with Gasteiger partial charge in [0.15, 0.2) is 11.0 Å². The van der Waals surface area contributed by atoms with Gasteiger partial charge in [0.25, 0.3) is 0 Å². The highest BCUT2D eigenvalue weighted by Crippen LogP contribution is 2.35. The predicted octanol–water partition coefficient (Wildman–Crippen LogP) is 4.83. The molecule has 4 rings (SSSR count). The van der Waals surface area contributed by atoms with Crippen LogP contribution in [0.1, 0.15) is 6.92 Å². The highest BCUT2D eigenvalue weighted by molar-refractivity contribution is 9.10. The lowest BCUT2D eigenvalue weighted by Crippen LogP contribution is -2.01. The molecule has 2 aromatic carbocycles. The number of hydrogen-bond donors (Lipinski definition) is 0. The normalized spacial score (nSPS) is 11.1. The molecule has 4 aromatic rings. The second-order valence-corrected chi connectivity index (χ2v) is 7.56. The standard InChI is InChI=1S/C19H16BrN5OS/c1-3-25-17(13-6-4-5-7-16(13)26-2)23-24-19(25)27-18-14-10-12(20)8-9-15(14)21-11-22-18/h4-11H,3H2,1-2H3. The summed E-state index contributed by atoms with van der Waals surface area (Å²) in [4.78, 5) is 8.80. The van der Waals surface area contributed by atoms with Crippen molar-refractivity contribution in [1.29, 1.82) is 0 Å². The van der Waals surface area contributed by atoms with Crippen molar-refractivity contribution < 1.29 is 4.74 Å². The van der Waals surface area contributed by atoms with E-state index >= 15 is 0 Å². The zero-order chi connectivity index (χ0) is 18.8. The number of ether oxygens (including phenoxy) is 1. The van der Waals surface area contributed by atoms with E-state index in [1.165, 1.54) is 11.8 Å². The van der Waals surface area contributed by atoms with Gasteiger partial charge in [0.1, 0.15) is 17.1 Å². The molecule has 0 amide bonds. The lowest BCUT2D eigenvalue weighted by atomic mass is 10.2. The number of hydrogen-bond acceptors (Lipinski definition) is 6. The minimum absolute atomic E-state index is 0.732. The molecule has 0 saturated heterocycles. The zero-order valence-corrected chi connectivity index (χ0v) is 17.2. The maximum atomic E-state index is 5.48. The maximum Gasteiger partial charge on any atom is 0.197 e. The Morgan fingerprint density at radius 1 is 1.11 bits per heavy atom. The summed E-state index contributed by atoms with van der Waals surface area (Å²) in [5.74, 6) is 1.55. The topological polar surface area (TPSA) is 65.7 Å². The Balaban J connectivity index is 1.79. The van der Waals surface area contributed by atoms with Crippen molar-refractivity contribution in [2.45, 2.75) is 23.7 Å². The molecular formula is C19H16BrN5OS. The summed E-state index contributed by atoms with van der Waals surface area (Å²) in [6.45, 7) is 2.80. The molecule has 0 bridgehead atoms. The van der Waals surface area contributed by atoms with Gasteiger partial charge in [-0.1, -0.05) is 28.1 Å². The van der Waals surface area contributed by atoms with Crippen molar-refractivity contribution in [3.8, 4) is 17.1 Å². The van der Waals surface area contributed by atoms with Crippen LogP contribution in [0.3, 0.4) is 0 Å². The van der Waals surface area contributed by atoms with Crippen LogP contribution in [0.25, 0.3) is 22.3 Å². The first-order valence-corrected chi connectivity index (χ1v) is 9.97. The Hall–Kier alpha value is -2.45. The van der Waals surface area contributed by atoms with Crippen LogP contribution >= 0.6 is 27.7 Å². The first-order chi connectivity index (χ1) is 13.2. The summed E-state index contributed by atoms with van der Waals surface area (Å²) < 4.78 is 8.53. The van der Waals surface area contributed by atoms with Crippen LogP contribution in [0.2, 0.25) is 0 Å². The average Bonchev–Trinajstić information content (AvgIpc) is 3.10. The lowest BCUT2D eigenvalue weighted by Gasteiger charge is -2.10. The van der Waals surface area contributed by atoms with Crippen LogP contribution in [0.4, 0.5) is 0 Å². The molecule has 0 aliphatic rings. The van der Waals surface area contributed by atoms with Gasteiger partial charge in [-0.25, -0.2) is 9.97 Å². The number of aromatic nitrogens is 5. The molecular weight excluding hydrogens is 426 g/mol. The molecule has 8 heteroatoms. The van der Waals surface area contributed by atoms with E-state index in [1.807, 2.05) is 42.5 Å². The fourth-order valence-electron chi connectivity index (χ4n) is 2.85. The zero-order valence-electron chi connectivity index (χ0n) is 14.8. The van der Waals surface area contributed by atoms with Gasteiger partial charge in [-0.2, -0.15) is 0 Å². The number of methoxy groups -OCH3 is 1. The quantitative estimate of drug-likeness (QED) is 0.413. The lowest BCUT2D eigenvalue weighted by molar-refractivity contribution is 0.416. The second kappa shape index (κ2) is 7.66. The molecule has 0 atom stereocenters. The van der Waals surface area contributed by atoms with E-state index in [2.05, 4.69) is 47.6 Å². The van der Waals surface area contributed by atoms with Gasteiger partial charge in [0, 0.05) is 16.4 Å². The number of para-hydroxylation sites is 1. The van der Waals surface area contributed by atoms with Crippen molar-refractivity contribution in [1.82, 2.24) is 24.7 Å². The first-order valence-electron chi connectivity index (χ1n) is 8.36. The molecule has 0 aliphatic heterocycles. The largest absolute Gasteiger partial charge is 0.496 e. The van der Waals surface area contributed by atoms with E-state index in [-0.39, 0.29) is 0 Å². The molecule has 0 saturated carbocycles. The van der Waals surface area contributed by atoms with Crippen molar-refractivity contribution in [3.05, 3.63) is 53.3 Å². The van der Waals surface area contributed by atoms with Gasteiger partial charge in [-0.05, 0) is 49.0 Å². The molecule has 0 radical (unpaired) electrons. The van der Waals surface area contributed by atoms with Crippen molar-refractivity contribution >= 4 is 38.6 Å². The highest BCUT2D eigenvalue weighted by Gasteiger charge is 2.18. The number of rotatable bonds is 5. The maximum absolute atomic E-state index is 5.48. The number of nitrogens with zero attached hydrogens (tertiary/aromatic N) is 5. The van der Waals surface area contributed by atoms with Gasteiger partial charge in [0.05, 0.1) is 18.2 Å². The Kier molecular flexibility index (Phi) is 5.09. The Morgan fingerprint density at radius 3 is 2.78 bits per heavy atom. The summed E-state index contributed by atoms with van der Waals surface area (Å²) in [5, 5.41) is 11.4. The van der Waals surface area contributed by atoms with Crippen molar-refractivity contribution in [2.75, 3.05) is 7.11 Å². The predicted molar refractivity (Wildman–Crippen MR) is 109 cm³/mol. The molecule has 6 nitrogen and oxygen atoms in total. The Bertz CT molecular complexity index is 1110. The summed E-state index contributed by atoms with van der Waals surface area (Å²) >= 11 is 5.00. The molecule has 0 spiro atoms. The molecule has 0 N–H and O–H groups in total. The Morgan fingerprint density at radius 2 is 1.96 bits per heavy atom. The third-order valence-corrected chi connectivity index (χ3v) is 5.63. The van der Waals surface area contributed by atoms with E-state index in [0.29, 0.717) is 0 Å². The van der Waals surface area contributed by atoms with Crippen molar-refractivity contribution in [2.24, 2.45) is 0 Å². The average molecular weight is 442 g/mol. The van der Waals surface area contributed by atoms with Crippen LogP contribution < -0.4 is 4.74 Å². The van der Waals surface area contributed by atoms with Crippen LogP contribution in [-0.4, -0.2) is 31.8 Å².